The number of rotatable bonds is 16. The molecule has 4 heteroatoms. The van der Waals surface area contributed by atoms with Gasteiger partial charge in [-0.15, -0.1) is 0 Å². The van der Waals surface area contributed by atoms with Gasteiger partial charge in [-0.1, -0.05) is 52.4 Å². The Morgan fingerprint density at radius 3 is 1.71 bits per heavy atom. The van der Waals surface area contributed by atoms with Crippen molar-refractivity contribution in [2.45, 2.75) is 98.1 Å². The number of hydrogen-bond acceptors (Lipinski definition) is 4. The molecule has 4 nitrogen and oxygen atoms in total. The standard InChI is InChI=1S/C20H40O4/c1-6-11-12-13-14-15-16-19(7-2,18-17-21-18)20(22-8-3,23-9-4)24-10-5/h18H,6-17H2,1-5H3. The fraction of sp³-hybridized carbons (Fsp3) is 1.00. The van der Waals surface area contributed by atoms with Crippen molar-refractivity contribution in [3.05, 3.63) is 0 Å². The van der Waals surface area contributed by atoms with Gasteiger partial charge in [0, 0.05) is 19.8 Å². The van der Waals surface area contributed by atoms with Crippen LogP contribution < -0.4 is 0 Å². The van der Waals surface area contributed by atoms with E-state index < -0.39 is 5.97 Å². The Kier molecular flexibility index (Phi) is 10.4. The predicted octanol–water partition coefficient (Wildman–Crippen LogP) is 5.30. The second-order valence-corrected chi connectivity index (χ2v) is 6.70. The fourth-order valence-corrected chi connectivity index (χ4v) is 3.85. The largest absolute Gasteiger partial charge is 0.372 e. The number of ether oxygens (including phenoxy) is 4. The van der Waals surface area contributed by atoms with Gasteiger partial charge in [0.05, 0.1) is 18.1 Å². The van der Waals surface area contributed by atoms with Crippen LogP contribution in [0.2, 0.25) is 0 Å². The summed E-state index contributed by atoms with van der Waals surface area (Å²) in [7, 11) is 0. The maximum atomic E-state index is 6.14. The molecule has 0 aromatic rings. The molecule has 0 aromatic heterocycles. The van der Waals surface area contributed by atoms with E-state index in [1.54, 1.807) is 0 Å². The SMILES string of the molecule is CCCCCCCCC(CC)(C1CO1)C(OCC)(OCC)OCC. The van der Waals surface area contributed by atoms with Gasteiger partial charge in [0.25, 0.3) is 5.97 Å². The first-order chi connectivity index (χ1) is 11.7. The second-order valence-electron chi connectivity index (χ2n) is 6.70. The van der Waals surface area contributed by atoms with Crippen molar-refractivity contribution in [1.82, 2.24) is 0 Å². The van der Waals surface area contributed by atoms with E-state index in [0.29, 0.717) is 19.8 Å². The van der Waals surface area contributed by atoms with Gasteiger partial charge in [-0.05, 0) is 33.6 Å². The minimum atomic E-state index is -0.982. The lowest BCUT2D eigenvalue weighted by molar-refractivity contribution is -0.432. The third-order valence-corrected chi connectivity index (χ3v) is 5.17. The Morgan fingerprint density at radius 1 is 0.792 bits per heavy atom. The molecule has 2 atom stereocenters. The molecular formula is C20H40O4. The summed E-state index contributed by atoms with van der Waals surface area (Å²) in [6.45, 7) is 13.0. The summed E-state index contributed by atoms with van der Waals surface area (Å²) in [5.41, 5.74) is -0.222. The summed E-state index contributed by atoms with van der Waals surface area (Å²) in [4.78, 5) is 0. The van der Waals surface area contributed by atoms with Crippen molar-refractivity contribution in [3.63, 3.8) is 0 Å². The van der Waals surface area contributed by atoms with Crippen LogP contribution in [0.4, 0.5) is 0 Å². The monoisotopic (exact) mass is 344 g/mol. The van der Waals surface area contributed by atoms with Crippen molar-refractivity contribution >= 4 is 0 Å². The van der Waals surface area contributed by atoms with Crippen LogP contribution in [0, 0.1) is 5.41 Å². The smallest absolute Gasteiger partial charge is 0.291 e. The van der Waals surface area contributed by atoms with Crippen molar-refractivity contribution < 1.29 is 18.9 Å². The van der Waals surface area contributed by atoms with E-state index in [2.05, 4.69) is 13.8 Å². The highest BCUT2D eigenvalue weighted by molar-refractivity contribution is 4.99. The summed E-state index contributed by atoms with van der Waals surface area (Å²) >= 11 is 0. The van der Waals surface area contributed by atoms with Gasteiger partial charge in [-0.25, -0.2) is 0 Å². The summed E-state index contributed by atoms with van der Waals surface area (Å²) < 4.78 is 24.2. The van der Waals surface area contributed by atoms with Gasteiger partial charge in [-0.3, -0.25) is 0 Å². The lowest BCUT2D eigenvalue weighted by atomic mass is 9.74. The molecule has 0 spiro atoms. The molecule has 0 radical (unpaired) electrons. The summed E-state index contributed by atoms with van der Waals surface area (Å²) in [5, 5.41) is 0. The van der Waals surface area contributed by atoms with Gasteiger partial charge >= 0.3 is 0 Å². The molecule has 2 unspecified atom stereocenters. The number of hydrogen-bond donors (Lipinski definition) is 0. The first kappa shape index (κ1) is 21.9. The van der Waals surface area contributed by atoms with E-state index in [1.165, 1.54) is 38.5 Å². The molecule has 0 bridgehead atoms. The molecule has 144 valence electrons. The van der Waals surface area contributed by atoms with Crippen LogP contribution in [0.25, 0.3) is 0 Å². The molecule has 1 fully saturated rings. The second kappa shape index (κ2) is 11.5. The summed E-state index contributed by atoms with van der Waals surface area (Å²) in [6.07, 6.45) is 9.85. The summed E-state index contributed by atoms with van der Waals surface area (Å²) in [6, 6.07) is 0. The predicted molar refractivity (Wildman–Crippen MR) is 98.1 cm³/mol. The molecule has 1 aliphatic heterocycles. The van der Waals surface area contributed by atoms with E-state index in [1.807, 2.05) is 20.8 Å². The zero-order valence-corrected chi connectivity index (χ0v) is 16.7. The molecule has 0 N–H and O–H groups in total. The first-order valence-electron chi connectivity index (χ1n) is 10.2. The Bertz CT molecular complexity index is 300. The molecule has 0 amide bonds. The van der Waals surface area contributed by atoms with Crippen LogP contribution >= 0.6 is 0 Å². The van der Waals surface area contributed by atoms with Crippen LogP contribution in [-0.2, 0) is 18.9 Å². The van der Waals surface area contributed by atoms with Gasteiger partial charge in [0.15, 0.2) is 0 Å². The normalized spacial score (nSPS) is 20.1. The van der Waals surface area contributed by atoms with Crippen molar-refractivity contribution in [2.24, 2.45) is 5.41 Å². The molecule has 24 heavy (non-hydrogen) atoms. The maximum absolute atomic E-state index is 6.14. The van der Waals surface area contributed by atoms with Crippen molar-refractivity contribution in [2.75, 3.05) is 26.4 Å². The van der Waals surface area contributed by atoms with E-state index in [0.717, 1.165) is 19.4 Å². The highest BCUT2D eigenvalue weighted by atomic mass is 16.9. The van der Waals surface area contributed by atoms with Gasteiger partial charge in [0.2, 0.25) is 0 Å². The zero-order valence-electron chi connectivity index (χ0n) is 16.7. The molecule has 0 aliphatic carbocycles. The van der Waals surface area contributed by atoms with Gasteiger partial charge in [-0.2, -0.15) is 0 Å². The lowest BCUT2D eigenvalue weighted by Crippen LogP contribution is -2.57. The zero-order chi connectivity index (χ0) is 17.9. The van der Waals surface area contributed by atoms with Crippen LogP contribution in [0.3, 0.4) is 0 Å². The molecule has 1 rings (SSSR count). The fourth-order valence-electron chi connectivity index (χ4n) is 3.85. The molecule has 1 heterocycles. The molecule has 1 saturated heterocycles. The Labute approximate surface area is 149 Å². The Morgan fingerprint density at radius 2 is 1.29 bits per heavy atom. The minimum Gasteiger partial charge on any atom is -0.372 e. The lowest BCUT2D eigenvalue weighted by Gasteiger charge is -2.47. The Hall–Kier alpha value is -0.160. The van der Waals surface area contributed by atoms with E-state index >= 15 is 0 Å². The summed E-state index contributed by atoms with van der Waals surface area (Å²) in [5.74, 6) is -0.982. The van der Waals surface area contributed by atoms with Gasteiger partial charge < -0.3 is 18.9 Å². The van der Waals surface area contributed by atoms with Crippen molar-refractivity contribution in [1.29, 1.82) is 0 Å². The highest BCUT2D eigenvalue weighted by Gasteiger charge is 2.62. The number of epoxide rings is 1. The molecule has 0 aromatic carbocycles. The van der Waals surface area contributed by atoms with Crippen LogP contribution in [0.5, 0.6) is 0 Å². The molecular weight excluding hydrogens is 304 g/mol. The van der Waals surface area contributed by atoms with Gasteiger partial charge in [0.1, 0.15) is 0 Å². The Balaban J connectivity index is 2.85. The third kappa shape index (κ3) is 5.42. The van der Waals surface area contributed by atoms with Crippen molar-refractivity contribution in [3.8, 4) is 0 Å². The molecule has 1 aliphatic rings. The average Bonchev–Trinajstić information content (AvgIpc) is 3.40. The maximum Gasteiger partial charge on any atom is 0.291 e. The van der Waals surface area contributed by atoms with E-state index in [-0.39, 0.29) is 11.5 Å². The van der Waals surface area contributed by atoms with Crippen LogP contribution in [-0.4, -0.2) is 38.5 Å². The van der Waals surface area contributed by atoms with E-state index in [4.69, 9.17) is 18.9 Å². The highest BCUT2D eigenvalue weighted by Crippen LogP contribution is 2.52. The van der Waals surface area contributed by atoms with Crippen LogP contribution in [0.15, 0.2) is 0 Å². The van der Waals surface area contributed by atoms with Crippen LogP contribution in [0.1, 0.15) is 86.0 Å². The quantitative estimate of drug-likeness (QED) is 0.216. The topological polar surface area (TPSA) is 40.2 Å². The number of unbranched alkanes of at least 4 members (excludes halogenated alkanes) is 5. The third-order valence-electron chi connectivity index (χ3n) is 5.17. The average molecular weight is 345 g/mol. The van der Waals surface area contributed by atoms with E-state index in [9.17, 15) is 0 Å². The first-order valence-corrected chi connectivity index (χ1v) is 10.2. The molecule has 0 saturated carbocycles. The minimum absolute atomic E-state index is 0.183.